The van der Waals surface area contributed by atoms with Crippen LogP contribution in [0.15, 0.2) is 18.2 Å². The standard InChI is InChI=1S/C12H12Cl2N2O2/c1-16-11(17)5-10(12(16)18)15-6-7-2-8(13)4-9(14)3-7/h2-4,10,15H,5-6H2,1H3. The molecule has 0 saturated carbocycles. The lowest BCUT2D eigenvalue weighted by molar-refractivity contribution is -0.137. The van der Waals surface area contributed by atoms with Crippen molar-refractivity contribution in [3.63, 3.8) is 0 Å². The number of nitrogens with one attached hydrogen (secondary N) is 1. The molecule has 0 spiro atoms. The number of nitrogens with zero attached hydrogens (tertiary/aromatic N) is 1. The molecule has 2 amide bonds. The first-order chi connectivity index (χ1) is 8.47. The zero-order chi connectivity index (χ0) is 13.3. The Kier molecular flexibility index (Phi) is 3.90. The predicted octanol–water partition coefficient (Wildman–Crippen LogP) is 1.84. The van der Waals surface area contributed by atoms with Crippen LogP contribution in [0.1, 0.15) is 12.0 Å². The Morgan fingerprint density at radius 1 is 1.28 bits per heavy atom. The zero-order valence-electron chi connectivity index (χ0n) is 9.74. The van der Waals surface area contributed by atoms with E-state index in [1.165, 1.54) is 7.05 Å². The van der Waals surface area contributed by atoms with Gasteiger partial charge in [-0.1, -0.05) is 23.2 Å². The molecule has 0 aromatic heterocycles. The first-order valence-corrected chi connectivity index (χ1v) is 6.21. The Morgan fingerprint density at radius 2 is 1.89 bits per heavy atom. The molecule has 18 heavy (non-hydrogen) atoms. The summed E-state index contributed by atoms with van der Waals surface area (Å²) < 4.78 is 0. The van der Waals surface area contributed by atoms with Crippen LogP contribution < -0.4 is 5.32 Å². The largest absolute Gasteiger partial charge is 0.301 e. The number of rotatable bonds is 3. The van der Waals surface area contributed by atoms with Crippen LogP contribution in [0.25, 0.3) is 0 Å². The van der Waals surface area contributed by atoms with Crippen LogP contribution in [-0.2, 0) is 16.1 Å². The summed E-state index contributed by atoms with van der Waals surface area (Å²) in [7, 11) is 1.49. The third kappa shape index (κ3) is 2.83. The number of hydrogen-bond acceptors (Lipinski definition) is 3. The molecule has 1 aliphatic rings. The molecule has 1 saturated heterocycles. The van der Waals surface area contributed by atoms with E-state index < -0.39 is 6.04 Å². The molecular formula is C12H12Cl2N2O2. The first-order valence-electron chi connectivity index (χ1n) is 5.46. The molecule has 1 aliphatic heterocycles. The van der Waals surface area contributed by atoms with E-state index in [1.54, 1.807) is 18.2 Å². The fourth-order valence-corrected chi connectivity index (χ4v) is 2.44. The molecule has 2 rings (SSSR count). The number of amides is 2. The molecule has 1 N–H and O–H groups in total. The van der Waals surface area contributed by atoms with Crippen molar-refractivity contribution in [1.82, 2.24) is 10.2 Å². The van der Waals surface area contributed by atoms with Crippen molar-refractivity contribution in [2.45, 2.75) is 19.0 Å². The van der Waals surface area contributed by atoms with Gasteiger partial charge in [-0.15, -0.1) is 0 Å². The Labute approximate surface area is 115 Å². The SMILES string of the molecule is CN1C(=O)CC(NCc2cc(Cl)cc(Cl)c2)C1=O. The molecule has 4 nitrogen and oxygen atoms in total. The topological polar surface area (TPSA) is 49.4 Å². The van der Waals surface area contributed by atoms with E-state index in [-0.39, 0.29) is 18.2 Å². The predicted molar refractivity (Wildman–Crippen MR) is 69.5 cm³/mol. The van der Waals surface area contributed by atoms with Gasteiger partial charge in [-0.2, -0.15) is 0 Å². The number of carbonyl (C=O) groups is 2. The third-order valence-electron chi connectivity index (χ3n) is 2.86. The van der Waals surface area contributed by atoms with Gasteiger partial charge in [0, 0.05) is 23.6 Å². The van der Waals surface area contributed by atoms with E-state index in [1.807, 2.05) is 0 Å². The highest BCUT2D eigenvalue weighted by Gasteiger charge is 2.35. The molecule has 0 bridgehead atoms. The van der Waals surface area contributed by atoms with Crippen LogP contribution in [-0.4, -0.2) is 29.8 Å². The summed E-state index contributed by atoms with van der Waals surface area (Å²) in [5.41, 5.74) is 0.877. The van der Waals surface area contributed by atoms with E-state index >= 15 is 0 Å². The molecule has 1 aromatic carbocycles. The van der Waals surface area contributed by atoms with Crippen molar-refractivity contribution >= 4 is 35.0 Å². The quantitative estimate of drug-likeness (QED) is 0.863. The highest BCUT2D eigenvalue weighted by Crippen LogP contribution is 2.19. The maximum atomic E-state index is 11.7. The zero-order valence-corrected chi connectivity index (χ0v) is 11.3. The van der Waals surface area contributed by atoms with Crippen LogP contribution >= 0.6 is 23.2 Å². The monoisotopic (exact) mass is 286 g/mol. The Balaban J connectivity index is 2.00. The average Bonchev–Trinajstić information content (AvgIpc) is 2.53. The second-order valence-corrected chi connectivity index (χ2v) is 5.08. The summed E-state index contributed by atoms with van der Waals surface area (Å²) >= 11 is 11.8. The summed E-state index contributed by atoms with van der Waals surface area (Å²) in [6.45, 7) is 0.442. The van der Waals surface area contributed by atoms with Crippen LogP contribution in [0.5, 0.6) is 0 Å². The minimum Gasteiger partial charge on any atom is -0.301 e. The lowest BCUT2D eigenvalue weighted by atomic mass is 10.2. The fraction of sp³-hybridized carbons (Fsp3) is 0.333. The molecule has 96 valence electrons. The van der Waals surface area contributed by atoms with Crippen molar-refractivity contribution in [3.8, 4) is 0 Å². The maximum Gasteiger partial charge on any atom is 0.246 e. The number of carbonyl (C=O) groups excluding carboxylic acids is 2. The van der Waals surface area contributed by atoms with Gasteiger partial charge in [0.05, 0.1) is 12.5 Å². The maximum absolute atomic E-state index is 11.7. The Morgan fingerprint density at radius 3 is 2.39 bits per heavy atom. The van der Waals surface area contributed by atoms with E-state index in [0.717, 1.165) is 10.5 Å². The minimum atomic E-state index is -0.458. The van der Waals surface area contributed by atoms with Gasteiger partial charge in [0.2, 0.25) is 11.8 Å². The highest BCUT2D eigenvalue weighted by atomic mass is 35.5. The molecule has 1 atom stereocenters. The fourth-order valence-electron chi connectivity index (χ4n) is 1.87. The smallest absolute Gasteiger partial charge is 0.246 e. The molecule has 1 unspecified atom stereocenters. The molecule has 0 radical (unpaired) electrons. The molecule has 1 heterocycles. The summed E-state index contributed by atoms with van der Waals surface area (Å²) in [6.07, 6.45) is 0.198. The minimum absolute atomic E-state index is 0.165. The van der Waals surface area contributed by atoms with Crippen LogP contribution in [0.2, 0.25) is 10.0 Å². The summed E-state index contributed by atoms with van der Waals surface area (Å²) in [5.74, 6) is -0.366. The van der Waals surface area contributed by atoms with Crippen molar-refractivity contribution in [2.75, 3.05) is 7.05 Å². The number of benzene rings is 1. The molecule has 6 heteroatoms. The first kappa shape index (κ1) is 13.3. The van der Waals surface area contributed by atoms with Gasteiger partial charge >= 0.3 is 0 Å². The van der Waals surface area contributed by atoms with Crippen LogP contribution in [0.4, 0.5) is 0 Å². The van der Waals surface area contributed by atoms with Crippen molar-refractivity contribution in [3.05, 3.63) is 33.8 Å². The van der Waals surface area contributed by atoms with Gasteiger partial charge in [0.15, 0.2) is 0 Å². The summed E-state index contributed by atoms with van der Waals surface area (Å²) in [4.78, 5) is 24.1. The normalized spacial score (nSPS) is 19.7. The Hall–Kier alpha value is -1.10. The Bertz CT molecular complexity index is 485. The van der Waals surface area contributed by atoms with Crippen molar-refractivity contribution in [2.24, 2.45) is 0 Å². The van der Waals surface area contributed by atoms with Gasteiger partial charge in [0.1, 0.15) is 0 Å². The van der Waals surface area contributed by atoms with Gasteiger partial charge < -0.3 is 5.32 Å². The van der Waals surface area contributed by atoms with E-state index in [4.69, 9.17) is 23.2 Å². The van der Waals surface area contributed by atoms with Crippen molar-refractivity contribution < 1.29 is 9.59 Å². The van der Waals surface area contributed by atoms with E-state index in [0.29, 0.717) is 16.6 Å². The van der Waals surface area contributed by atoms with Gasteiger partial charge in [-0.25, -0.2) is 0 Å². The molecule has 0 aliphatic carbocycles. The molecular weight excluding hydrogens is 275 g/mol. The van der Waals surface area contributed by atoms with Crippen molar-refractivity contribution in [1.29, 1.82) is 0 Å². The van der Waals surface area contributed by atoms with Crippen LogP contribution in [0, 0.1) is 0 Å². The van der Waals surface area contributed by atoms with E-state index in [2.05, 4.69) is 5.32 Å². The number of likely N-dealkylation sites (tertiary alicyclic amines) is 1. The lowest BCUT2D eigenvalue weighted by Crippen LogP contribution is -2.36. The molecule has 1 fully saturated rings. The number of hydrogen-bond donors (Lipinski definition) is 1. The lowest BCUT2D eigenvalue weighted by Gasteiger charge is -2.11. The summed E-state index contributed by atoms with van der Waals surface area (Å²) in [6, 6.07) is 4.72. The number of likely N-dealkylation sites (N-methyl/N-ethyl adjacent to an activating group) is 1. The third-order valence-corrected chi connectivity index (χ3v) is 3.29. The van der Waals surface area contributed by atoms with Gasteiger partial charge in [-0.05, 0) is 23.8 Å². The van der Waals surface area contributed by atoms with Crippen LogP contribution in [0.3, 0.4) is 0 Å². The summed E-state index contributed by atoms with van der Waals surface area (Å²) in [5, 5.41) is 4.13. The van der Waals surface area contributed by atoms with Gasteiger partial charge in [-0.3, -0.25) is 14.5 Å². The number of imide groups is 1. The highest BCUT2D eigenvalue weighted by molar-refractivity contribution is 6.34. The molecule has 1 aromatic rings. The van der Waals surface area contributed by atoms with Gasteiger partial charge in [0.25, 0.3) is 0 Å². The second kappa shape index (κ2) is 5.26. The van der Waals surface area contributed by atoms with E-state index in [9.17, 15) is 9.59 Å². The average molecular weight is 287 g/mol. The second-order valence-electron chi connectivity index (χ2n) is 4.21. The number of halogens is 2.